The van der Waals surface area contributed by atoms with Gasteiger partial charge in [0.15, 0.2) is 0 Å². The van der Waals surface area contributed by atoms with Crippen molar-refractivity contribution >= 4 is 11.9 Å². The lowest BCUT2D eigenvalue weighted by Gasteiger charge is -2.01. The second-order valence-electron chi connectivity index (χ2n) is 3.55. The standard InChI is InChI=1S/C11H21NO3/c1-2-3-4-5-6-7-10(13)15-11(14)8-9-12/h2-9,12H2,1H3. The first-order valence-electron chi connectivity index (χ1n) is 5.64. The van der Waals surface area contributed by atoms with E-state index in [1.54, 1.807) is 0 Å². The first-order valence-corrected chi connectivity index (χ1v) is 5.64. The number of hydrogen-bond donors (Lipinski definition) is 1. The third kappa shape index (κ3) is 9.41. The molecule has 4 heteroatoms. The smallest absolute Gasteiger partial charge is 0.314 e. The summed E-state index contributed by atoms with van der Waals surface area (Å²) in [5.41, 5.74) is 5.15. The van der Waals surface area contributed by atoms with Crippen molar-refractivity contribution in [1.82, 2.24) is 0 Å². The molecule has 0 aliphatic heterocycles. The molecule has 0 amide bonds. The van der Waals surface area contributed by atoms with Crippen molar-refractivity contribution in [3.05, 3.63) is 0 Å². The highest BCUT2D eigenvalue weighted by Crippen LogP contribution is 2.05. The zero-order valence-electron chi connectivity index (χ0n) is 9.46. The largest absolute Gasteiger partial charge is 0.393 e. The van der Waals surface area contributed by atoms with Crippen LogP contribution in [-0.4, -0.2) is 18.5 Å². The fourth-order valence-electron chi connectivity index (χ4n) is 1.22. The Labute approximate surface area is 91.2 Å². The maximum absolute atomic E-state index is 11.1. The first-order chi connectivity index (χ1) is 7.20. The number of carbonyl (C=O) groups is 2. The van der Waals surface area contributed by atoms with Crippen LogP contribution in [0.3, 0.4) is 0 Å². The molecule has 0 heterocycles. The number of hydrogen-bond acceptors (Lipinski definition) is 4. The van der Waals surface area contributed by atoms with Gasteiger partial charge < -0.3 is 10.5 Å². The van der Waals surface area contributed by atoms with Crippen LogP contribution in [0.25, 0.3) is 0 Å². The highest BCUT2D eigenvalue weighted by atomic mass is 16.6. The van der Waals surface area contributed by atoms with Gasteiger partial charge in [-0.3, -0.25) is 9.59 Å². The molecule has 15 heavy (non-hydrogen) atoms. The molecule has 0 radical (unpaired) electrons. The van der Waals surface area contributed by atoms with Crippen LogP contribution >= 0.6 is 0 Å². The Morgan fingerprint density at radius 3 is 2.20 bits per heavy atom. The molecule has 0 aromatic heterocycles. The summed E-state index contributed by atoms with van der Waals surface area (Å²) in [6, 6.07) is 0. The van der Waals surface area contributed by atoms with Crippen LogP contribution in [0.2, 0.25) is 0 Å². The lowest BCUT2D eigenvalue weighted by atomic mass is 10.1. The van der Waals surface area contributed by atoms with Crippen molar-refractivity contribution in [2.45, 2.75) is 51.9 Å². The van der Waals surface area contributed by atoms with E-state index in [1.165, 1.54) is 12.8 Å². The Morgan fingerprint density at radius 1 is 1.00 bits per heavy atom. The highest BCUT2D eigenvalue weighted by Gasteiger charge is 2.08. The summed E-state index contributed by atoms with van der Waals surface area (Å²) in [6.45, 7) is 2.36. The normalized spacial score (nSPS) is 10.0. The van der Waals surface area contributed by atoms with Crippen molar-refractivity contribution in [3.63, 3.8) is 0 Å². The maximum Gasteiger partial charge on any atom is 0.314 e. The van der Waals surface area contributed by atoms with Gasteiger partial charge in [-0.25, -0.2) is 0 Å². The molecule has 0 aromatic rings. The Hall–Kier alpha value is -0.900. The molecule has 0 aliphatic rings. The van der Waals surface area contributed by atoms with E-state index in [-0.39, 0.29) is 13.0 Å². The van der Waals surface area contributed by atoms with Crippen molar-refractivity contribution in [2.24, 2.45) is 5.73 Å². The lowest BCUT2D eigenvalue weighted by molar-refractivity contribution is -0.159. The van der Waals surface area contributed by atoms with Gasteiger partial charge in [-0.2, -0.15) is 0 Å². The molecule has 0 spiro atoms. The van der Waals surface area contributed by atoms with Gasteiger partial charge in [0.05, 0.1) is 6.42 Å². The summed E-state index contributed by atoms with van der Waals surface area (Å²) in [6.07, 6.45) is 5.78. The first kappa shape index (κ1) is 14.1. The maximum atomic E-state index is 11.1. The predicted octanol–water partition coefficient (Wildman–Crippen LogP) is 1.77. The minimum Gasteiger partial charge on any atom is -0.393 e. The van der Waals surface area contributed by atoms with Gasteiger partial charge in [-0.15, -0.1) is 0 Å². The van der Waals surface area contributed by atoms with Crippen LogP contribution in [0, 0.1) is 0 Å². The zero-order valence-corrected chi connectivity index (χ0v) is 9.46. The van der Waals surface area contributed by atoms with E-state index in [4.69, 9.17) is 5.73 Å². The molecule has 88 valence electrons. The second-order valence-corrected chi connectivity index (χ2v) is 3.55. The molecule has 4 nitrogen and oxygen atoms in total. The van der Waals surface area contributed by atoms with Crippen LogP contribution in [0.1, 0.15) is 51.9 Å². The van der Waals surface area contributed by atoms with Gasteiger partial charge >= 0.3 is 11.9 Å². The topological polar surface area (TPSA) is 69.4 Å². The average molecular weight is 215 g/mol. The summed E-state index contributed by atoms with van der Waals surface area (Å²) in [4.78, 5) is 21.9. The lowest BCUT2D eigenvalue weighted by Crippen LogP contribution is -2.15. The highest BCUT2D eigenvalue weighted by molar-refractivity contribution is 5.85. The van der Waals surface area contributed by atoms with Gasteiger partial charge in [0.1, 0.15) is 0 Å². The summed E-state index contributed by atoms with van der Waals surface area (Å²) in [5.74, 6) is -0.944. The van der Waals surface area contributed by atoms with Crippen LogP contribution in [0.15, 0.2) is 0 Å². The Bertz CT molecular complexity index is 192. The number of esters is 2. The predicted molar refractivity (Wildman–Crippen MR) is 58.1 cm³/mol. The van der Waals surface area contributed by atoms with Gasteiger partial charge in [0.25, 0.3) is 0 Å². The summed E-state index contributed by atoms with van der Waals surface area (Å²) in [7, 11) is 0. The van der Waals surface area contributed by atoms with Crippen LogP contribution in [-0.2, 0) is 14.3 Å². The van der Waals surface area contributed by atoms with E-state index < -0.39 is 11.9 Å². The molecule has 2 N–H and O–H groups in total. The van der Waals surface area contributed by atoms with Crippen molar-refractivity contribution in [3.8, 4) is 0 Å². The molecule has 0 unspecified atom stereocenters. The zero-order chi connectivity index (χ0) is 11.5. The third-order valence-electron chi connectivity index (χ3n) is 2.06. The van der Waals surface area contributed by atoms with Gasteiger partial charge in [-0.05, 0) is 6.42 Å². The van der Waals surface area contributed by atoms with Crippen LogP contribution < -0.4 is 5.73 Å². The molecular weight excluding hydrogens is 194 g/mol. The molecule has 0 saturated heterocycles. The fraction of sp³-hybridized carbons (Fsp3) is 0.818. The molecule has 0 saturated carbocycles. The number of rotatable bonds is 8. The second kappa shape index (κ2) is 9.65. The summed E-state index contributed by atoms with van der Waals surface area (Å²) < 4.78 is 4.54. The number of carbonyl (C=O) groups excluding carboxylic acids is 2. The molecule has 0 atom stereocenters. The average Bonchev–Trinajstić information content (AvgIpc) is 2.17. The third-order valence-corrected chi connectivity index (χ3v) is 2.06. The number of unbranched alkanes of at least 4 members (excludes halogenated alkanes) is 4. The molecular formula is C11H21NO3. The van der Waals surface area contributed by atoms with E-state index in [9.17, 15) is 9.59 Å². The van der Waals surface area contributed by atoms with Gasteiger partial charge in [0.2, 0.25) is 0 Å². The van der Waals surface area contributed by atoms with Crippen LogP contribution in [0.5, 0.6) is 0 Å². The molecule has 0 bridgehead atoms. The minimum absolute atomic E-state index is 0.113. The van der Waals surface area contributed by atoms with E-state index >= 15 is 0 Å². The van der Waals surface area contributed by atoms with Crippen molar-refractivity contribution in [2.75, 3.05) is 6.54 Å². The Morgan fingerprint density at radius 2 is 1.60 bits per heavy atom. The number of ether oxygens (including phenoxy) is 1. The Balaban J connectivity index is 3.37. The van der Waals surface area contributed by atoms with Gasteiger partial charge in [0, 0.05) is 13.0 Å². The van der Waals surface area contributed by atoms with E-state index in [1.807, 2.05) is 0 Å². The molecule has 0 rings (SSSR count). The summed E-state index contributed by atoms with van der Waals surface area (Å²) >= 11 is 0. The minimum atomic E-state index is -0.518. The van der Waals surface area contributed by atoms with E-state index in [0.29, 0.717) is 6.42 Å². The van der Waals surface area contributed by atoms with Crippen molar-refractivity contribution < 1.29 is 14.3 Å². The van der Waals surface area contributed by atoms with Crippen molar-refractivity contribution in [1.29, 1.82) is 0 Å². The Kier molecular flexibility index (Phi) is 9.07. The van der Waals surface area contributed by atoms with Gasteiger partial charge in [-0.1, -0.05) is 32.6 Å². The SMILES string of the molecule is CCCCCCCC(=O)OC(=O)CCN. The summed E-state index contributed by atoms with van der Waals surface area (Å²) in [5, 5.41) is 0. The molecule has 0 fully saturated rings. The van der Waals surface area contributed by atoms with E-state index in [2.05, 4.69) is 11.7 Å². The molecule has 0 aliphatic carbocycles. The molecule has 0 aromatic carbocycles. The monoisotopic (exact) mass is 215 g/mol. The van der Waals surface area contributed by atoms with E-state index in [0.717, 1.165) is 19.3 Å². The quantitative estimate of drug-likeness (QED) is 0.380. The van der Waals surface area contributed by atoms with Crippen LogP contribution in [0.4, 0.5) is 0 Å². The number of nitrogens with two attached hydrogens (primary N) is 1. The fourth-order valence-corrected chi connectivity index (χ4v) is 1.22.